The number of ether oxygens (including phenoxy) is 2. The van der Waals surface area contributed by atoms with Crippen LogP contribution in [0.5, 0.6) is 11.6 Å². The number of para-hydroxylation sites is 1. The van der Waals surface area contributed by atoms with Crippen LogP contribution in [-0.4, -0.2) is 27.9 Å². The summed E-state index contributed by atoms with van der Waals surface area (Å²) in [5, 5.41) is 12.6. The number of hydrogen-bond acceptors (Lipinski definition) is 7. The Labute approximate surface area is 216 Å². The molecule has 0 atom stereocenters. The van der Waals surface area contributed by atoms with E-state index in [1.54, 1.807) is 49.4 Å². The lowest BCUT2D eigenvalue weighted by Crippen LogP contribution is -2.20. The lowest BCUT2D eigenvalue weighted by atomic mass is 10.1. The van der Waals surface area contributed by atoms with Crippen molar-refractivity contribution in [2.75, 3.05) is 11.9 Å². The van der Waals surface area contributed by atoms with Crippen LogP contribution < -0.4 is 15.6 Å². The lowest BCUT2D eigenvalue weighted by molar-refractivity contribution is -0.112. The van der Waals surface area contributed by atoms with Gasteiger partial charge in [0.1, 0.15) is 28.6 Å². The Balaban J connectivity index is 1.71. The van der Waals surface area contributed by atoms with E-state index in [1.807, 2.05) is 6.07 Å². The van der Waals surface area contributed by atoms with Gasteiger partial charge in [-0.3, -0.25) is 14.0 Å². The van der Waals surface area contributed by atoms with Gasteiger partial charge in [-0.1, -0.05) is 29.8 Å². The van der Waals surface area contributed by atoms with E-state index in [4.69, 9.17) is 21.1 Å². The smallest absolute Gasteiger partial charge is 0.338 e. The van der Waals surface area contributed by atoms with Crippen molar-refractivity contribution in [2.24, 2.45) is 0 Å². The van der Waals surface area contributed by atoms with Gasteiger partial charge in [0.25, 0.3) is 11.5 Å². The first-order chi connectivity index (χ1) is 17.9. The Morgan fingerprint density at radius 2 is 1.84 bits per heavy atom. The molecule has 2 heterocycles. The molecular weight excluding hydrogens is 496 g/mol. The molecule has 0 aliphatic carbocycles. The van der Waals surface area contributed by atoms with Crippen molar-refractivity contribution < 1.29 is 19.1 Å². The molecule has 10 heteroatoms. The molecule has 0 aliphatic rings. The Kier molecular flexibility index (Phi) is 7.62. The summed E-state index contributed by atoms with van der Waals surface area (Å²) in [5.74, 6) is -1.14. The Bertz CT molecular complexity index is 1620. The average Bonchev–Trinajstić information content (AvgIpc) is 2.90. The second kappa shape index (κ2) is 11.2. The van der Waals surface area contributed by atoms with Gasteiger partial charge in [-0.05, 0) is 61.5 Å². The van der Waals surface area contributed by atoms with Crippen LogP contribution in [-0.2, 0) is 9.53 Å². The van der Waals surface area contributed by atoms with Gasteiger partial charge in [0, 0.05) is 11.9 Å². The van der Waals surface area contributed by atoms with Gasteiger partial charge in [0.2, 0.25) is 5.88 Å². The maximum absolute atomic E-state index is 13.3. The number of amides is 1. The van der Waals surface area contributed by atoms with E-state index < -0.39 is 17.4 Å². The second-order valence-corrected chi connectivity index (χ2v) is 7.93. The van der Waals surface area contributed by atoms with Gasteiger partial charge >= 0.3 is 5.97 Å². The fraction of sp³-hybridized carbons (Fsp3) is 0.0741. The summed E-state index contributed by atoms with van der Waals surface area (Å²) in [5.41, 5.74) is -0.0859. The molecule has 0 saturated heterocycles. The number of carbonyl (C=O) groups excluding carboxylic acids is 2. The monoisotopic (exact) mass is 514 g/mol. The first-order valence-electron chi connectivity index (χ1n) is 11.1. The molecule has 2 aromatic heterocycles. The number of nitrogens with zero attached hydrogens (tertiary/aromatic N) is 3. The van der Waals surface area contributed by atoms with Crippen LogP contribution in [0.1, 0.15) is 22.8 Å². The molecule has 4 aromatic rings. The third-order valence-corrected chi connectivity index (χ3v) is 5.40. The Hall–Kier alpha value is -4.94. The van der Waals surface area contributed by atoms with Crippen molar-refractivity contribution in [3.8, 4) is 17.7 Å². The fourth-order valence-electron chi connectivity index (χ4n) is 3.31. The molecule has 0 bridgehead atoms. The highest BCUT2D eigenvalue weighted by atomic mass is 35.5. The number of pyridine rings is 1. The predicted octanol–water partition coefficient (Wildman–Crippen LogP) is 4.86. The molecule has 2 aromatic carbocycles. The highest BCUT2D eigenvalue weighted by molar-refractivity contribution is 6.32. The first kappa shape index (κ1) is 25.2. The van der Waals surface area contributed by atoms with E-state index in [0.717, 1.165) is 6.08 Å². The van der Waals surface area contributed by atoms with Crippen molar-refractivity contribution >= 4 is 40.9 Å². The molecule has 0 fully saturated rings. The number of carbonyl (C=O) groups is 2. The Morgan fingerprint density at radius 1 is 1.11 bits per heavy atom. The first-order valence-corrected chi connectivity index (χ1v) is 11.4. The highest BCUT2D eigenvalue weighted by Gasteiger charge is 2.18. The van der Waals surface area contributed by atoms with Crippen LogP contribution in [0.4, 0.5) is 5.69 Å². The quantitative estimate of drug-likeness (QED) is 0.212. The van der Waals surface area contributed by atoms with Crippen molar-refractivity contribution in [1.29, 1.82) is 5.26 Å². The van der Waals surface area contributed by atoms with Crippen LogP contribution in [0.3, 0.4) is 0 Å². The van der Waals surface area contributed by atoms with E-state index in [0.29, 0.717) is 16.9 Å². The summed E-state index contributed by atoms with van der Waals surface area (Å²) in [7, 11) is 0. The summed E-state index contributed by atoms with van der Waals surface area (Å²) in [4.78, 5) is 42.4. The van der Waals surface area contributed by atoms with Gasteiger partial charge in [0.15, 0.2) is 0 Å². The minimum atomic E-state index is -0.771. The number of hydrogen-bond donors (Lipinski definition) is 1. The lowest BCUT2D eigenvalue weighted by Gasteiger charge is -2.11. The zero-order valence-corrected chi connectivity index (χ0v) is 20.2. The van der Waals surface area contributed by atoms with E-state index in [1.165, 1.54) is 34.9 Å². The third-order valence-electron chi connectivity index (χ3n) is 5.09. The van der Waals surface area contributed by atoms with Crippen LogP contribution in [0.2, 0.25) is 5.02 Å². The minimum absolute atomic E-state index is 0.118. The van der Waals surface area contributed by atoms with E-state index in [-0.39, 0.29) is 34.4 Å². The van der Waals surface area contributed by atoms with Gasteiger partial charge in [-0.2, -0.15) is 10.2 Å². The van der Waals surface area contributed by atoms with Crippen molar-refractivity contribution in [3.05, 3.63) is 105 Å². The maximum Gasteiger partial charge on any atom is 0.338 e. The molecule has 0 aliphatic heterocycles. The van der Waals surface area contributed by atoms with Crippen LogP contribution in [0.15, 0.2) is 83.3 Å². The van der Waals surface area contributed by atoms with Crippen molar-refractivity contribution in [2.45, 2.75) is 6.92 Å². The topological polar surface area (TPSA) is 123 Å². The molecule has 1 N–H and O–H groups in total. The number of esters is 1. The number of anilines is 1. The second-order valence-electron chi connectivity index (χ2n) is 7.52. The van der Waals surface area contributed by atoms with Crippen LogP contribution in [0.25, 0.3) is 11.7 Å². The van der Waals surface area contributed by atoms with Crippen LogP contribution >= 0.6 is 11.6 Å². The predicted molar refractivity (Wildman–Crippen MR) is 138 cm³/mol. The number of aromatic nitrogens is 2. The van der Waals surface area contributed by atoms with E-state index in [9.17, 15) is 19.6 Å². The molecule has 4 rings (SSSR count). The van der Waals surface area contributed by atoms with Crippen molar-refractivity contribution in [1.82, 2.24) is 9.38 Å². The molecule has 37 heavy (non-hydrogen) atoms. The Morgan fingerprint density at radius 3 is 2.54 bits per heavy atom. The van der Waals surface area contributed by atoms with Gasteiger partial charge < -0.3 is 14.8 Å². The summed E-state index contributed by atoms with van der Waals surface area (Å²) < 4.78 is 12.1. The highest BCUT2D eigenvalue weighted by Crippen LogP contribution is 2.30. The average molecular weight is 515 g/mol. The summed E-state index contributed by atoms with van der Waals surface area (Å²) in [6, 6.07) is 19.4. The zero-order chi connectivity index (χ0) is 26.4. The zero-order valence-electron chi connectivity index (χ0n) is 19.5. The molecule has 9 nitrogen and oxygen atoms in total. The number of benzene rings is 2. The standard InChI is InChI=1S/C27H19ClN4O5/c1-2-36-27(35)17-10-12-19(13-11-17)30-24(33)18(16-29)15-20-25(37-22-8-4-3-7-21(22)28)31-23-9-5-6-14-32(23)26(20)34/h3-15H,2H2,1H3,(H,30,33)/b18-15-. The molecule has 0 radical (unpaired) electrons. The largest absolute Gasteiger partial charge is 0.462 e. The number of nitrogens with one attached hydrogen (secondary N) is 1. The number of halogens is 1. The van der Waals surface area contributed by atoms with Crippen LogP contribution in [0, 0.1) is 11.3 Å². The summed E-state index contributed by atoms with van der Waals surface area (Å²) in [6.07, 6.45) is 2.63. The minimum Gasteiger partial charge on any atom is -0.462 e. The molecule has 0 spiro atoms. The summed E-state index contributed by atoms with van der Waals surface area (Å²) >= 11 is 6.21. The number of rotatable bonds is 7. The van der Waals surface area contributed by atoms with Crippen molar-refractivity contribution in [3.63, 3.8) is 0 Å². The molecular formula is C27H19ClN4O5. The van der Waals surface area contributed by atoms with Gasteiger partial charge in [0.05, 0.1) is 17.2 Å². The third kappa shape index (κ3) is 5.66. The van der Waals surface area contributed by atoms with Gasteiger partial charge in [-0.25, -0.2) is 4.79 Å². The molecule has 0 unspecified atom stereocenters. The van der Waals surface area contributed by atoms with E-state index in [2.05, 4.69) is 10.3 Å². The van der Waals surface area contributed by atoms with Gasteiger partial charge in [-0.15, -0.1) is 0 Å². The summed E-state index contributed by atoms with van der Waals surface area (Å²) in [6.45, 7) is 1.93. The molecule has 1 amide bonds. The maximum atomic E-state index is 13.3. The normalized spacial score (nSPS) is 11.0. The SMILES string of the molecule is CCOC(=O)c1ccc(NC(=O)/C(C#N)=C\c2c(Oc3ccccc3Cl)nc3ccccn3c2=O)cc1. The van der Waals surface area contributed by atoms with E-state index >= 15 is 0 Å². The molecule has 184 valence electrons. The number of nitriles is 1. The number of fused-ring (bicyclic) bond motifs is 1. The molecule has 0 saturated carbocycles. The fourth-order valence-corrected chi connectivity index (χ4v) is 3.49.